The summed E-state index contributed by atoms with van der Waals surface area (Å²) in [6.45, 7) is 3.66. The third-order valence-corrected chi connectivity index (χ3v) is 4.32. The second-order valence-electron chi connectivity index (χ2n) is 6.10. The van der Waals surface area contributed by atoms with E-state index in [4.69, 9.17) is 0 Å². The molecular formula is C17H24N4O3S. The number of carbonyl (C=O) groups excluding carboxylic acids is 3. The molecule has 4 amide bonds. The second kappa shape index (κ2) is 8.75. The number of urea groups is 1. The lowest BCUT2D eigenvalue weighted by molar-refractivity contribution is -0.123. The average molecular weight is 364 g/mol. The summed E-state index contributed by atoms with van der Waals surface area (Å²) in [5.74, 6) is 0.265. The maximum atomic E-state index is 12.7. The molecule has 3 N–H and O–H groups in total. The van der Waals surface area contributed by atoms with Gasteiger partial charge in [-0.05, 0) is 44.4 Å². The number of anilines is 2. The van der Waals surface area contributed by atoms with Crippen LogP contribution in [0.3, 0.4) is 0 Å². The number of rotatable bonds is 6. The number of fused-ring (bicyclic) bond motifs is 1. The Morgan fingerprint density at radius 3 is 2.68 bits per heavy atom. The molecule has 0 radical (unpaired) electrons. The number of thioether (sulfide) groups is 1. The van der Waals surface area contributed by atoms with Gasteiger partial charge in [0.1, 0.15) is 12.6 Å². The van der Waals surface area contributed by atoms with Crippen LogP contribution in [0.15, 0.2) is 24.3 Å². The van der Waals surface area contributed by atoms with Crippen LogP contribution in [0.4, 0.5) is 16.2 Å². The molecule has 0 unspecified atom stereocenters. The predicted octanol–water partition coefficient (Wildman–Crippen LogP) is 1.80. The zero-order valence-electron chi connectivity index (χ0n) is 14.7. The molecule has 0 fully saturated rings. The minimum absolute atomic E-state index is 0.0114. The van der Waals surface area contributed by atoms with Gasteiger partial charge in [0.25, 0.3) is 0 Å². The highest BCUT2D eigenvalue weighted by Gasteiger charge is 2.29. The first-order valence-corrected chi connectivity index (χ1v) is 9.58. The highest BCUT2D eigenvalue weighted by Crippen LogP contribution is 2.28. The van der Waals surface area contributed by atoms with Gasteiger partial charge in [0.05, 0.1) is 11.4 Å². The quantitative estimate of drug-likeness (QED) is 0.718. The van der Waals surface area contributed by atoms with Gasteiger partial charge in [-0.15, -0.1) is 0 Å². The van der Waals surface area contributed by atoms with Crippen LogP contribution in [0.1, 0.15) is 20.3 Å². The van der Waals surface area contributed by atoms with Gasteiger partial charge in [0, 0.05) is 6.04 Å². The minimum atomic E-state index is -0.639. The van der Waals surface area contributed by atoms with Gasteiger partial charge in [-0.1, -0.05) is 12.1 Å². The largest absolute Gasteiger partial charge is 0.352 e. The zero-order chi connectivity index (χ0) is 18.4. The van der Waals surface area contributed by atoms with E-state index in [2.05, 4.69) is 16.0 Å². The van der Waals surface area contributed by atoms with Crippen molar-refractivity contribution in [3.63, 3.8) is 0 Å². The van der Waals surface area contributed by atoms with Crippen molar-refractivity contribution >= 4 is 41.0 Å². The van der Waals surface area contributed by atoms with Gasteiger partial charge in [-0.2, -0.15) is 11.8 Å². The summed E-state index contributed by atoms with van der Waals surface area (Å²) in [6, 6.07) is 5.99. The van der Waals surface area contributed by atoms with E-state index in [1.807, 2.05) is 20.1 Å². The number of amides is 4. The normalized spacial score (nSPS) is 14.6. The standard InChI is InChI=1S/C17H24N4O3S/c1-11(2)18-16(23)13(8-9-25-3)20-17(24)21-10-15(22)19-12-6-4-5-7-14(12)21/h4-7,11,13H,8-10H2,1-3H3,(H,18,23)(H,19,22)(H,20,24)/t13-/m1/s1. The molecule has 0 saturated carbocycles. The predicted molar refractivity (Wildman–Crippen MR) is 101 cm³/mol. The molecule has 1 aromatic rings. The number of nitrogens with one attached hydrogen (secondary N) is 3. The maximum absolute atomic E-state index is 12.7. The molecular weight excluding hydrogens is 340 g/mol. The lowest BCUT2D eigenvalue weighted by atomic mass is 10.2. The van der Waals surface area contributed by atoms with Gasteiger partial charge in [-0.25, -0.2) is 4.79 Å². The van der Waals surface area contributed by atoms with Crippen molar-refractivity contribution in [2.24, 2.45) is 0 Å². The van der Waals surface area contributed by atoms with E-state index in [0.29, 0.717) is 17.8 Å². The molecule has 7 nitrogen and oxygen atoms in total. The molecule has 1 atom stereocenters. The van der Waals surface area contributed by atoms with Gasteiger partial charge in [-0.3, -0.25) is 14.5 Å². The number of carbonyl (C=O) groups is 3. The molecule has 0 bridgehead atoms. The summed E-state index contributed by atoms with van der Waals surface area (Å²) >= 11 is 1.61. The summed E-state index contributed by atoms with van der Waals surface area (Å²) in [5, 5.41) is 8.33. The van der Waals surface area contributed by atoms with Crippen LogP contribution >= 0.6 is 11.8 Å². The summed E-state index contributed by atoms with van der Waals surface area (Å²) < 4.78 is 0. The lowest BCUT2D eigenvalue weighted by Crippen LogP contribution is -2.54. The third-order valence-electron chi connectivity index (χ3n) is 3.67. The molecule has 1 aliphatic heterocycles. The van der Waals surface area contributed by atoms with E-state index in [1.54, 1.807) is 36.0 Å². The van der Waals surface area contributed by atoms with E-state index in [1.165, 1.54) is 4.90 Å². The molecule has 0 saturated heterocycles. The second-order valence-corrected chi connectivity index (χ2v) is 7.08. The highest BCUT2D eigenvalue weighted by molar-refractivity contribution is 7.98. The molecule has 0 aliphatic carbocycles. The van der Waals surface area contributed by atoms with E-state index in [-0.39, 0.29) is 24.4 Å². The molecule has 1 aliphatic rings. The van der Waals surface area contributed by atoms with Crippen LogP contribution in [0.5, 0.6) is 0 Å². The maximum Gasteiger partial charge on any atom is 0.323 e. The Kier molecular flexibility index (Phi) is 6.69. The number of hydrogen-bond acceptors (Lipinski definition) is 4. The Morgan fingerprint density at radius 2 is 2.00 bits per heavy atom. The van der Waals surface area contributed by atoms with Crippen LogP contribution in [0, 0.1) is 0 Å². The fraction of sp³-hybridized carbons (Fsp3) is 0.471. The number of benzene rings is 1. The van der Waals surface area contributed by atoms with Crippen molar-refractivity contribution in [2.45, 2.75) is 32.4 Å². The zero-order valence-corrected chi connectivity index (χ0v) is 15.5. The van der Waals surface area contributed by atoms with Crippen LogP contribution in [-0.2, 0) is 9.59 Å². The topological polar surface area (TPSA) is 90.5 Å². The lowest BCUT2D eigenvalue weighted by Gasteiger charge is -2.30. The third kappa shape index (κ3) is 5.12. The van der Waals surface area contributed by atoms with Gasteiger partial charge < -0.3 is 16.0 Å². The van der Waals surface area contributed by atoms with Crippen molar-refractivity contribution in [3.05, 3.63) is 24.3 Å². The van der Waals surface area contributed by atoms with Crippen molar-refractivity contribution in [2.75, 3.05) is 28.8 Å². The van der Waals surface area contributed by atoms with Gasteiger partial charge in [0.15, 0.2) is 0 Å². The summed E-state index contributed by atoms with van der Waals surface area (Å²) in [6.07, 6.45) is 2.47. The average Bonchev–Trinajstić information content (AvgIpc) is 2.56. The van der Waals surface area contributed by atoms with Gasteiger partial charge in [0.2, 0.25) is 11.8 Å². The molecule has 136 valence electrons. The Hall–Kier alpha value is -2.22. The van der Waals surface area contributed by atoms with E-state index in [9.17, 15) is 14.4 Å². The molecule has 0 spiro atoms. The number of nitrogens with zero attached hydrogens (tertiary/aromatic N) is 1. The molecule has 1 aromatic carbocycles. The van der Waals surface area contributed by atoms with Crippen molar-refractivity contribution in [1.82, 2.24) is 10.6 Å². The van der Waals surface area contributed by atoms with Crippen molar-refractivity contribution in [1.29, 1.82) is 0 Å². The molecule has 0 aromatic heterocycles. The number of para-hydroxylation sites is 2. The Labute approximate surface area is 151 Å². The Balaban J connectivity index is 2.14. The molecule has 8 heteroatoms. The van der Waals surface area contributed by atoms with Crippen molar-refractivity contribution in [3.8, 4) is 0 Å². The first kappa shape index (κ1) is 19.1. The van der Waals surface area contributed by atoms with Gasteiger partial charge >= 0.3 is 6.03 Å². The fourth-order valence-corrected chi connectivity index (χ4v) is 3.00. The van der Waals surface area contributed by atoms with E-state index < -0.39 is 12.1 Å². The highest BCUT2D eigenvalue weighted by atomic mass is 32.2. The summed E-state index contributed by atoms with van der Waals surface area (Å²) in [4.78, 5) is 38.3. The molecule has 25 heavy (non-hydrogen) atoms. The fourth-order valence-electron chi connectivity index (χ4n) is 2.53. The Bertz CT molecular complexity index is 651. The monoisotopic (exact) mass is 364 g/mol. The van der Waals surface area contributed by atoms with E-state index in [0.717, 1.165) is 5.75 Å². The SMILES string of the molecule is CSCC[C@@H](NC(=O)N1CC(=O)Nc2ccccc21)C(=O)NC(C)C. The van der Waals surface area contributed by atoms with Crippen LogP contribution in [0.2, 0.25) is 0 Å². The molecule has 2 rings (SSSR count). The smallest absolute Gasteiger partial charge is 0.323 e. The minimum Gasteiger partial charge on any atom is -0.352 e. The van der Waals surface area contributed by atoms with E-state index >= 15 is 0 Å². The van der Waals surface area contributed by atoms with Crippen molar-refractivity contribution < 1.29 is 14.4 Å². The van der Waals surface area contributed by atoms with Crippen LogP contribution in [0.25, 0.3) is 0 Å². The summed E-state index contributed by atoms with van der Waals surface area (Å²) in [5.41, 5.74) is 1.20. The summed E-state index contributed by atoms with van der Waals surface area (Å²) in [7, 11) is 0. The number of hydrogen-bond donors (Lipinski definition) is 3. The van der Waals surface area contributed by atoms with Crippen LogP contribution in [-0.4, -0.2) is 48.5 Å². The Morgan fingerprint density at radius 1 is 1.28 bits per heavy atom. The molecule has 1 heterocycles. The first-order chi connectivity index (χ1) is 11.9. The van der Waals surface area contributed by atoms with Crippen LogP contribution < -0.4 is 20.9 Å². The first-order valence-electron chi connectivity index (χ1n) is 8.18.